The number of aromatic nitrogens is 2. The van der Waals surface area contributed by atoms with Crippen molar-refractivity contribution in [3.8, 4) is 11.4 Å². The number of benzene rings is 2. The molecule has 0 spiro atoms. The highest BCUT2D eigenvalue weighted by atomic mass is 32.1. The van der Waals surface area contributed by atoms with Gasteiger partial charge in [0.25, 0.3) is 5.56 Å². The van der Waals surface area contributed by atoms with Crippen molar-refractivity contribution < 1.29 is 4.74 Å². The SMILES string of the molecule is COc1ccc(NC(=S)N/N=C/c2c(C)n(C)n(-c3ccccc3)c2=O)cc1. The van der Waals surface area contributed by atoms with Gasteiger partial charge in [0.2, 0.25) is 0 Å². The molecule has 7 nitrogen and oxygen atoms in total. The fourth-order valence-electron chi connectivity index (χ4n) is 2.73. The van der Waals surface area contributed by atoms with Crippen LogP contribution in [-0.2, 0) is 7.05 Å². The predicted molar refractivity (Wildman–Crippen MR) is 116 cm³/mol. The van der Waals surface area contributed by atoms with E-state index in [0.29, 0.717) is 10.7 Å². The maximum absolute atomic E-state index is 12.8. The van der Waals surface area contributed by atoms with Crippen molar-refractivity contribution in [2.24, 2.45) is 12.1 Å². The van der Waals surface area contributed by atoms with Crippen LogP contribution in [-0.4, -0.2) is 27.8 Å². The molecular formula is C20H21N5O2S. The first-order chi connectivity index (χ1) is 13.5. The second-order valence-corrected chi connectivity index (χ2v) is 6.44. The smallest absolute Gasteiger partial charge is 0.280 e. The normalized spacial score (nSPS) is 10.8. The molecule has 144 valence electrons. The summed E-state index contributed by atoms with van der Waals surface area (Å²) in [6, 6.07) is 16.8. The van der Waals surface area contributed by atoms with E-state index in [4.69, 9.17) is 17.0 Å². The molecule has 0 atom stereocenters. The molecule has 1 aromatic heterocycles. The zero-order chi connectivity index (χ0) is 20.1. The van der Waals surface area contributed by atoms with Gasteiger partial charge < -0.3 is 10.1 Å². The fourth-order valence-corrected chi connectivity index (χ4v) is 2.90. The van der Waals surface area contributed by atoms with Crippen LogP contribution >= 0.6 is 12.2 Å². The molecule has 0 unspecified atom stereocenters. The van der Waals surface area contributed by atoms with Gasteiger partial charge in [-0.15, -0.1) is 0 Å². The molecule has 0 aliphatic rings. The Labute approximate surface area is 168 Å². The lowest BCUT2D eigenvalue weighted by Crippen LogP contribution is -2.24. The van der Waals surface area contributed by atoms with Crippen LogP contribution in [0.25, 0.3) is 5.69 Å². The third-order valence-corrected chi connectivity index (χ3v) is 4.50. The Bertz CT molecular complexity index is 1050. The van der Waals surface area contributed by atoms with Crippen molar-refractivity contribution in [3.63, 3.8) is 0 Å². The van der Waals surface area contributed by atoms with E-state index in [1.807, 2.05) is 68.6 Å². The predicted octanol–water partition coefficient (Wildman–Crippen LogP) is 2.81. The minimum Gasteiger partial charge on any atom is -0.497 e. The molecule has 0 aliphatic carbocycles. The van der Waals surface area contributed by atoms with Crippen molar-refractivity contribution in [2.45, 2.75) is 6.92 Å². The van der Waals surface area contributed by atoms with Gasteiger partial charge in [-0.1, -0.05) is 18.2 Å². The highest BCUT2D eigenvalue weighted by Gasteiger charge is 2.14. The van der Waals surface area contributed by atoms with Gasteiger partial charge in [-0.25, -0.2) is 4.68 Å². The summed E-state index contributed by atoms with van der Waals surface area (Å²) >= 11 is 5.23. The summed E-state index contributed by atoms with van der Waals surface area (Å²) in [6.45, 7) is 1.87. The fraction of sp³-hybridized carbons (Fsp3) is 0.150. The van der Waals surface area contributed by atoms with Crippen molar-refractivity contribution >= 4 is 29.2 Å². The molecule has 28 heavy (non-hydrogen) atoms. The highest BCUT2D eigenvalue weighted by Crippen LogP contribution is 2.14. The van der Waals surface area contributed by atoms with Crippen LogP contribution in [0.5, 0.6) is 5.75 Å². The minimum absolute atomic E-state index is 0.147. The molecule has 0 saturated carbocycles. The summed E-state index contributed by atoms with van der Waals surface area (Å²) in [5, 5.41) is 7.44. The van der Waals surface area contributed by atoms with E-state index in [2.05, 4.69) is 15.8 Å². The number of nitrogens with zero attached hydrogens (tertiary/aromatic N) is 3. The number of para-hydroxylation sites is 1. The molecule has 0 aliphatic heterocycles. The monoisotopic (exact) mass is 395 g/mol. The number of nitrogens with one attached hydrogen (secondary N) is 2. The summed E-state index contributed by atoms with van der Waals surface area (Å²) in [6.07, 6.45) is 1.49. The standard InChI is InChI=1S/C20H21N5O2S/c1-14-18(19(26)25(24(14)2)16-7-5-4-6-8-16)13-21-23-20(28)22-15-9-11-17(27-3)12-10-15/h4-13H,1-3H3,(H2,22,23,28)/b21-13+. The first-order valence-corrected chi connectivity index (χ1v) is 9.00. The first-order valence-electron chi connectivity index (χ1n) is 8.59. The second kappa shape index (κ2) is 8.53. The van der Waals surface area contributed by atoms with E-state index in [0.717, 1.165) is 22.8 Å². The Morgan fingerprint density at radius 3 is 2.46 bits per heavy atom. The molecule has 8 heteroatoms. The van der Waals surface area contributed by atoms with E-state index in [1.165, 1.54) is 6.21 Å². The summed E-state index contributed by atoms with van der Waals surface area (Å²) in [7, 11) is 3.45. The van der Waals surface area contributed by atoms with Crippen LogP contribution < -0.4 is 21.0 Å². The van der Waals surface area contributed by atoms with E-state index in [9.17, 15) is 4.79 Å². The molecule has 0 radical (unpaired) electrons. The number of thiocarbonyl (C=S) groups is 1. The van der Waals surface area contributed by atoms with E-state index >= 15 is 0 Å². The van der Waals surface area contributed by atoms with Crippen LogP contribution in [0.15, 0.2) is 64.5 Å². The number of anilines is 1. The van der Waals surface area contributed by atoms with E-state index < -0.39 is 0 Å². The van der Waals surface area contributed by atoms with Gasteiger partial charge in [0.15, 0.2) is 5.11 Å². The Balaban J connectivity index is 1.72. The lowest BCUT2D eigenvalue weighted by Gasteiger charge is -2.07. The molecule has 0 bridgehead atoms. The average Bonchev–Trinajstić information content (AvgIpc) is 2.92. The molecule has 1 heterocycles. The zero-order valence-corrected chi connectivity index (χ0v) is 16.7. The quantitative estimate of drug-likeness (QED) is 0.395. The summed E-state index contributed by atoms with van der Waals surface area (Å²) < 4.78 is 8.52. The third kappa shape index (κ3) is 4.12. The molecule has 0 saturated heterocycles. The number of hydrogen-bond donors (Lipinski definition) is 2. The number of ether oxygens (including phenoxy) is 1. The van der Waals surface area contributed by atoms with E-state index in [1.54, 1.807) is 16.5 Å². The number of hydrazone groups is 1. The molecule has 3 rings (SSSR count). The molecular weight excluding hydrogens is 374 g/mol. The zero-order valence-electron chi connectivity index (χ0n) is 15.8. The van der Waals surface area contributed by atoms with Gasteiger partial charge in [-0.3, -0.25) is 14.9 Å². The van der Waals surface area contributed by atoms with Gasteiger partial charge in [0, 0.05) is 18.4 Å². The Hall–Kier alpha value is -3.39. The van der Waals surface area contributed by atoms with Crippen LogP contribution in [0.3, 0.4) is 0 Å². The molecule has 2 N–H and O–H groups in total. The van der Waals surface area contributed by atoms with Crippen LogP contribution in [0.2, 0.25) is 0 Å². The van der Waals surface area contributed by atoms with Crippen LogP contribution in [0.4, 0.5) is 5.69 Å². The number of rotatable bonds is 5. The number of hydrogen-bond acceptors (Lipinski definition) is 4. The van der Waals surface area contributed by atoms with Gasteiger partial charge in [0.05, 0.1) is 24.6 Å². The largest absolute Gasteiger partial charge is 0.497 e. The highest BCUT2D eigenvalue weighted by molar-refractivity contribution is 7.80. The third-order valence-electron chi connectivity index (χ3n) is 4.31. The molecule has 0 amide bonds. The van der Waals surface area contributed by atoms with Gasteiger partial charge in [-0.2, -0.15) is 5.10 Å². The molecule has 0 fully saturated rings. The summed E-state index contributed by atoms with van der Waals surface area (Å²) in [5.74, 6) is 0.761. The van der Waals surface area contributed by atoms with Crippen molar-refractivity contribution in [2.75, 3.05) is 12.4 Å². The van der Waals surface area contributed by atoms with Gasteiger partial charge in [-0.05, 0) is 55.5 Å². The lowest BCUT2D eigenvalue weighted by molar-refractivity contribution is 0.415. The maximum atomic E-state index is 12.8. The number of methoxy groups -OCH3 is 1. The van der Waals surface area contributed by atoms with E-state index in [-0.39, 0.29) is 5.56 Å². The van der Waals surface area contributed by atoms with Gasteiger partial charge >= 0.3 is 0 Å². The molecule has 3 aromatic rings. The topological polar surface area (TPSA) is 72.6 Å². The van der Waals surface area contributed by atoms with Crippen LogP contribution in [0.1, 0.15) is 11.3 Å². The lowest BCUT2D eigenvalue weighted by atomic mass is 10.3. The Morgan fingerprint density at radius 2 is 1.82 bits per heavy atom. The Morgan fingerprint density at radius 1 is 1.14 bits per heavy atom. The summed E-state index contributed by atoms with van der Waals surface area (Å²) in [4.78, 5) is 12.8. The van der Waals surface area contributed by atoms with Crippen LogP contribution in [0, 0.1) is 6.92 Å². The van der Waals surface area contributed by atoms with Crippen molar-refractivity contribution in [1.82, 2.24) is 14.8 Å². The van der Waals surface area contributed by atoms with Crippen molar-refractivity contribution in [1.29, 1.82) is 0 Å². The maximum Gasteiger partial charge on any atom is 0.280 e. The van der Waals surface area contributed by atoms with Crippen molar-refractivity contribution in [3.05, 3.63) is 76.2 Å². The minimum atomic E-state index is -0.147. The Kier molecular flexibility index (Phi) is 5.90. The van der Waals surface area contributed by atoms with Gasteiger partial charge in [0.1, 0.15) is 5.75 Å². The average molecular weight is 395 g/mol. The first kappa shape index (κ1) is 19.4. The second-order valence-electron chi connectivity index (χ2n) is 6.03. The summed E-state index contributed by atoms with van der Waals surface area (Å²) in [5.41, 5.74) is 5.47. The molecule has 2 aromatic carbocycles.